The fourth-order valence-electron chi connectivity index (χ4n) is 2.01. The van der Waals surface area contributed by atoms with Crippen LogP contribution in [0.3, 0.4) is 0 Å². The number of hydrogen-bond acceptors (Lipinski definition) is 4. The summed E-state index contributed by atoms with van der Waals surface area (Å²) in [7, 11) is 1.48. The zero-order valence-corrected chi connectivity index (χ0v) is 13.6. The Balaban J connectivity index is 2.25. The predicted octanol–water partition coefficient (Wildman–Crippen LogP) is 4.22. The topological polar surface area (TPSA) is 45.1 Å². The summed E-state index contributed by atoms with van der Waals surface area (Å²) in [5.74, 6) is 0.263. The van der Waals surface area contributed by atoms with E-state index in [0.717, 1.165) is 17.8 Å². The molecule has 0 spiro atoms. The van der Waals surface area contributed by atoms with Crippen LogP contribution in [0.25, 0.3) is 0 Å². The number of halogens is 1. The molecule has 0 atom stereocenters. The van der Waals surface area contributed by atoms with Gasteiger partial charge in [-0.15, -0.1) is 0 Å². The number of aromatic hydroxyl groups is 1. The highest BCUT2D eigenvalue weighted by Gasteiger charge is 2.08. The molecule has 1 N–H and O–H groups in total. The SMILES string of the molecule is CCN(/N=C/c1cc(Cl)c(O)c(OC)c1)c1ccc(C)cc1. The molecule has 0 fully saturated rings. The van der Waals surface area contributed by atoms with Crippen LogP contribution in [-0.4, -0.2) is 25.0 Å². The molecule has 0 aromatic heterocycles. The average molecular weight is 319 g/mol. The summed E-state index contributed by atoms with van der Waals surface area (Å²) in [6, 6.07) is 11.5. The first-order valence-electron chi connectivity index (χ1n) is 6.99. The Hall–Kier alpha value is -2.20. The highest BCUT2D eigenvalue weighted by atomic mass is 35.5. The molecule has 0 aliphatic heterocycles. The number of hydrogen-bond donors (Lipinski definition) is 1. The number of nitrogens with zero attached hydrogens (tertiary/aromatic N) is 2. The van der Waals surface area contributed by atoms with Gasteiger partial charge < -0.3 is 9.84 Å². The lowest BCUT2D eigenvalue weighted by molar-refractivity contribution is 0.373. The van der Waals surface area contributed by atoms with E-state index in [0.29, 0.717) is 5.75 Å². The van der Waals surface area contributed by atoms with Gasteiger partial charge in [-0.05, 0) is 43.7 Å². The lowest BCUT2D eigenvalue weighted by Gasteiger charge is -2.17. The normalized spacial score (nSPS) is 10.9. The van der Waals surface area contributed by atoms with Crippen molar-refractivity contribution >= 4 is 23.5 Å². The van der Waals surface area contributed by atoms with Gasteiger partial charge in [0.1, 0.15) is 0 Å². The number of phenolic OH excluding ortho intramolecular Hbond substituents is 1. The zero-order valence-electron chi connectivity index (χ0n) is 12.9. The van der Waals surface area contributed by atoms with Gasteiger partial charge in [0.2, 0.25) is 0 Å². The van der Waals surface area contributed by atoms with Crippen LogP contribution in [0.5, 0.6) is 11.5 Å². The van der Waals surface area contributed by atoms with Crippen LogP contribution in [0.2, 0.25) is 5.02 Å². The Morgan fingerprint density at radius 1 is 1.27 bits per heavy atom. The monoisotopic (exact) mass is 318 g/mol. The quantitative estimate of drug-likeness (QED) is 0.663. The van der Waals surface area contributed by atoms with E-state index in [1.54, 1.807) is 18.3 Å². The molecule has 2 rings (SSSR count). The third-order valence-corrected chi connectivity index (χ3v) is 3.54. The van der Waals surface area contributed by atoms with E-state index in [-0.39, 0.29) is 10.8 Å². The maximum absolute atomic E-state index is 9.74. The number of ether oxygens (including phenoxy) is 1. The van der Waals surface area contributed by atoms with Gasteiger partial charge in [0, 0.05) is 6.54 Å². The van der Waals surface area contributed by atoms with Crippen molar-refractivity contribution in [1.82, 2.24) is 0 Å². The molecule has 0 bridgehead atoms. The average Bonchev–Trinajstić information content (AvgIpc) is 2.52. The Labute approximate surface area is 135 Å². The van der Waals surface area contributed by atoms with Gasteiger partial charge >= 0.3 is 0 Å². The van der Waals surface area contributed by atoms with Crippen molar-refractivity contribution in [3.63, 3.8) is 0 Å². The number of benzene rings is 2. The number of aryl methyl sites for hydroxylation is 1. The lowest BCUT2D eigenvalue weighted by Crippen LogP contribution is -2.15. The van der Waals surface area contributed by atoms with Crippen molar-refractivity contribution in [3.8, 4) is 11.5 Å². The first kappa shape index (κ1) is 16.2. The molecule has 0 heterocycles. The van der Waals surface area contributed by atoms with Gasteiger partial charge in [-0.25, -0.2) is 0 Å². The second-order valence-corrected chi connectivity index (χ2v) is 5.26. The number of phenols is 1. The summed E-state index contributed by atoms with van der Waals surface area (Å²) in [6.07, 6.45) is 1.69. The van der Waals surface area contributed by atoms with Gasteiger partial charge in [0.25, 0.3) is 0 Å². The molecule has 22 heavy (non-hydrogen) atoms. The molecule has 0 saturated carbocycles. The van der Waals surface area contributed by atoms with Crippen molar-refractivity contribution in [2.45, 2.75) is 13.8 Å². The van der Waals surface area contributed by atoms with Crippen LogP contribution >= 0.6 is 11.6 Å². The molecule has 0 unspecified atom stereocenters. The lowest BCUT2D eigenvalue weighted by atomic mass is 10.2. The van der Waals surface area contributed by atoms with Crippen LogP contribution in [0.4, 0.5) is 5.69 Å². The van der Waals surface area contributed by atoms with Crippen molar-refractivity contribution < 1.29 is 9.84 Å². The van der Waals surface area contributed by atoms with E-state index in [1.807, 2.05) is 43.1 Å². The van der Waals surface area contributed by atoms with Crippen molar-refractivity contribution in [2.75, 3.05) is 18.7 Å². The van der Waals surface area contributed by atoms with Crippen LogP contribution in [0.1, 0.15) is 18.1 Å². The van der Waals surface area contributed by atoms with E-state index in [1.165, 1.54) is 12.7 Å². The minimum atomic E-state index is -0.0628. The van der Waals surface area contributed by atoms with Crippen LogP contribution in [-0.2, 0) is 0 Å². The minimum Gasteiger partial charge on any atom is -0.503 e. The maximum Gasteiger partial charge on any atom is 0.176 e. The molecule has 0 radical (unpaired) electrons. The number of methoxy groups -OCH3 is 1. The molecule has 5 heteroatoms. The van der Waals surface area contributed by atoms with E-state index in [4.69, 9.17) is 16.3 Å². The van der Waals surface area contributed by atoms with Gasteiger partial charge in [-0.3, -0.25) is 5.01 Å². The molecule has 0 saturated heterocycles. The van der Waals surface area contributed by atoms with Gasteiger partial charge in [0.15, 0.2) is 11.5 Å². The first-order chi connectivity index (χ1) is 10.5. The van der Waals surface area contributed by atoms with Gasteiger partial charge in [0.05, 0.1) is 24.0 Å². The maximum atomic E-state index is 9.74. The Morgan fingerprint density at radius 2 is 1.95 bits per heavy atom. The third kappa shape index (κ3) is 3.71. The van der Waals surface area contributed by atoms with E-state index >= 15 is 0 Å². The molecule has 2 aromatic rings. The highest BCUT2D eigenvalue weighted by Crippen LogP contribution is 2.34. The molecule has 0 aliphatic rings. The number of anilines is 1. The van der Waals surface area contributed by atoms with E-state index < -0.39 is 0 Å². The number of hydrazone groups is 1. The molecule has 4 nitrogen and oxygen atoms in total. The third-order valence-electron chi connectivity index (χ3n) is 3.25. The molecule has 0 amide bonds. The fraction of sp³-hybridized carbons (Fsp3) is 0.235. The molecule has 2 aromatic carbocycles. The standard InChI is InChI=1S/C17H19ClN2O2/c1-4-20(14-7-5-12(2)6-8-14)19-11-13-9-15(18)17(21)16(10-13)22-3/h5-11,21H,4H2,1-3H3/b19-11+. The Morgan fingerprint density at radius 3 is 2.55 bits per heavy atom. The molecule has 0 aliphatic carbocycles. The zero-order chi connectivity index (χ0) is 16.1. The fourth-order valence-corrected chi connectivity index (χ4v) is 2.23. The van der Waals surface area contributed by atoms with E-state index in [9.17, 15) is 5.11 Å². The summed E-state index contributed by atoms with van der Waals surface area (Å²) in [5, 5.41) is 16.3. The smallest absolute Gasteiger partial charge is 0.176 e. The number of rotatable bonds is 5. The second kappa shape index (κ2) is 7.18. The van der Waals surface area contributed by atoms with Crippen molar-refractivity contribution in [1.29, 1.82) is 0 Å². The summed E-state index contributed by atoms with van der Waals surface area (Å²) >= 11 is 5.98. The molecule has 116 valence electrons. The van der Waals surface area contributed by atoms with Crippen LogP contribution in [0, 0.1) is 6.92 Å². The predicted molar refractivity (Wildman–Crippen MR) is 91.5 cm³/mol. The van der Waals surface area contributed by atoms with Gasteiger partial charge in [-0.2, -0.15) is 5.10 Å². The molecular weight excluding hydrogens is 300 g/mol. The molecular formula is C17H19ClN2O2. The summed E-state index contributed by atoms with van der Waals surface area (Å²) in [6.45, 7) is 4.82. The highest BCUT2D eigenvalue weighted by molar-refractivity contribution is 6.32. The Bertz CT molecular complexity index is 669. The second-order valence-electron chi connectivity index (χ2n) is 4.85. The van der Waals surface area contributed by atoms with E-state index in [2.05, 4.69) is 5.10 Å². The largest absolute Gasteiger partial charge is 0.503 e. The Kier molecular flexibility index (Phi) is 5.28. The van der Waals surface area contributed by atoms with Gasteiger partial charge in [-0.1, -0.05) is 29.3 Å². The summed E-state index contributed by atoms with van der Waals surface area (Å²) in [5.41, 5.74) is 2.98. The van der Waals surface area contributed by atoms with Crippen LogP contribution in [0.15, 0.2) is 41.5 Å². The van der Waals surface area contributed by atoms with Crippen molar-refractivity contribution in [3.05, 3.63) is 52.5 Å². The summed E-state index contributed by atoms with van der Waals surface area (Å²) < 4.78 is 5.09. The minimum absolute atomic E-state index is 0.0628. The first-order valence-corrected chi connectivity index (χ1v) is 7.37. The summed E-state index contributed by atoms with van der Waals surface area (Å²) in [4.78, 5) is 0. The van der Waals surface area contributed by atoms with Crippen molar-refractivity contribution in [2.24, 2.45) is 5.10 Å². The van der Waals surface area contributed by atoms with Crippen LogP contribution < -0.4 is 9.75 Å².